The number of hydrogen-bond acceptors (Lipinski definition) is 6. The zero-order valence-corrected chi connectivity index (χ0v) is 24.2. The number of carbonyl (C=O) groups excluding carboxylic acids is 1. The number of benzene rings is 3. The second-order valence-electron chi connectivity index (χ2n) is 9.27. The lowest BCUT2D eigenvalue weighted by atomic mass is 9.95. The van der Waals surface area contributed by atoms with E-state index in [1.165, 1.54) is 10.5 Å². The van der Waals surface area contributed by atoms with Crippen molar-refractivity contribution >= 4 is 38.1 Å². The number of nitrogens with zero attached hydrogens (tertiary/aromatic N) is 2. The number of carbonyl (C=O) groups is 1. The van der Waals surface area contributed by atoms with E-state index in [0.717, 1.165) is 42.1 Å². The highest BCUT2D eigenvalue weighted by Crippen LogP contribution is 2.29. The van der Waals surface area contributed by atoms with Gasteiger partial charge in [-0.2, -0.15) is 9.41 Å². The molecule has 0 aliphatic heterocycles. The molecule has 1 aliphatic rings. The summed E-state index contributed by atoms with van der Waals surface area (Å²) in [5, 5.41) is 4.06. The number of nitrogens with one attached hydrogen (secondary N) is 1. The normalized spacial score (nSPS) is 14.4. The molecule has 0 unspecified atom stereocenters. The summed E-state index contributed by atoms with van der Waals surface area (Å²) in [7, 11) is -2.31. The molecule has 0 heterocycles. The van der Waals surface area contributed by atoms with Crippen molar-refractivity contribution in [3.05, 3.63) is 88.4 Å². The van der Waals surface area contributed by atoms with Crippen LogP contribution in [0.15, 0.2) is 87.3 Å². The van der Waals surface area contributed by atoms with Crippen molar-refractivity contribution in [2.75, 3.05) is 13.7 Å². The molecule has 0 bridgehead atoms. The van der Waals surface area contributed by atoms with Gasteiger partial charge in [0.15, 0.2) is 11.5 Å². The molecule has 0 aromatic heterocycles. The van der Waals surface area contributed by atoms with E-state index in [0.29, 0.717) is 23.7 Å². The van der Waals surface area contributed by atoms with Gasteiger partial charge in [0.1, 0.15) is 6.61 Å². The molecule has 1 aliphatic carbocycles. The molecule has 0 radical (unpaired) electrons. The maximum atomic E-state index is 13.5. The van der Waals surface area contributed by atoms with Crippen molar-refractivity contribution in [2.45, 2.75) is 49.6 Å². The minimum atomic E-state index is -3.86. The molecule has 3 aromatic carbocycles. The molecular weight excluding hydrogens is 582 g/mol. The molecule has 0 saturated heterocycles. The average molecular weight is 615 g/mol. The van der Waals surface area contributed by atoms with E-state index in [1.807, 2.05) is 30.3 Å². The SMILES string of the molecule is COc1cc(/C=N\NC(=O)CN(C2CCCCC2)S(=O)(=O)c2ccc(Br)cc2)ccc1OCc1ccccc1. The predicted octanol–water partition coefficient (Wildman–Crippen LogP) is 5.51. The van der Waals surface area contributed by atoms with Gasteiger partial charge >= 0.3 is 0 Å². The molecule has 206 valence electrons. The second-order valence-corrected chi connectivity index (χ2v) is 12.1. The summed E-state index contributed by atoms with van der Waals surface area (Å²) in [6.07, 6.45) is 5.87. The van der Waals surface area contributed by atoms with E-state index in [4.69, 9.17) is 9.47 Å². The summed E-state index contributed by atoms with van der Waals surface area (Å²) in [4.78, 5) is 13.0. The Morgan fingerprint density at radius 1 is 1.03 bits per heavy atom. The summed E-state index contributed by atoms with van der Waals surface area (Å²) in [5.41, 5.74) is 4.20. The van der Waals surface area contributed by atoms with E-state index in [1.54, 1.807) is 49.6 Å². The van der Waals surface area contributed by atoms with Gasteiger partial charge in [-0.3, -0.25) is 4.79 Å². The predicted molar refractivity (Wildman–Crippen MR) is 154 cm³/mol. The lowest BCUT2D eigenvalue weighted by Crippen LogP contribution is -2.46. The number of hydrogen-bond donors (Lipinski definition) is 1. The van der Waals surface area contributed by atoms with Gasteiger partial charge in [-0.1, -0.05) is 65.5 Å². The quantitative estimate of drug-likeness (QED) is 0.227. The fourth-order valence-electron chi connectivity index (χ4n) is 4.50. The number of sulfonamides is 1. The largest absolute Gasteiger partial charge is 0.493 e. The van der Waals surface area contributed by atoms with Gasteiger partial charge in [-0.25, -0.2) is 13.8 Å². The molecule has 0 atom stereocenters. The van der Waals surface area contributed by atoms with Crippen molar-refractivity contribution in [3.8, 4) is 11.5 Å². The number of rotatable bonds is 11. The Hall–Kier alpha value is -3.21. The van der Waals surface area contributed by atoms with Crippen LogP contribution in [-0.4, -0.2) is 44.5 Å². The summed E-state index contributed by atoms with van der Waals surface area (Å²) >= 11 is 3.34. The van der Waals surface area contributed by atoms with Crippen LogP contribution in [0.4, 0.5) is 0 Å². The van der Waals surface area contributed by atoms with Crippen LogP contribution in [0.25, 0.3) is 0 Å². The first-order chi connectivity index (χ1) is 18.9. The third-order valence-corrected chi connectivity index (χ3v) is 8.97. The van der Waals surface area contributed by atoms with Crippen LogP contribution in [0.5, 0.6) is 11.5 Å². The third kappa shape index (κ3) is 7.90. The molecule has 4 rings (SSSR count). The first-order valence-electron chi connectivity index (χ1n) is 12.8. The van der Waals surface area contributed by atoms with Crippen molar-refractivity contribution in [3.63, 3.8) is 0 Å². The van der Waals surface area contributed by atoms with E-state index >= 15 is 0 Å². The number of halogens is 1. The molecule has 0 spiro atoms. The van der Waals surface area contributed by atoms with Crippen LogP contribution in [0, 0.1) is 0 Å². The van der Waals surface area contributed by atoms with Crippen LogP contribution < -0.4 is 14.9 Å². The van der Waals surface area contributed by atoms with E-state index in [9.17, 15) is 13.2 Å². The van der Waals surface area contributed by atoms with Crippen molar-refractivity contribution < 1.29 is 22.7 Å². The maximum Gasteiger partial charge on any atom is 0.255 e. The highest BCUT2D eigenvalue weighted by atomic mass is 79.9. The van der Waals surface area contributed by atoms with Gasteiger partial charge in [0.25, 0.3) is 5.91 Å². The summed E-state index contributed by atoms with van der Waals surface area (Å²) < 4.78 is 40.4. The van der Waals surface area contributed by atoms with Gasteiger partial charge in [-0.05, 0) is 66.4 Å². The highest BCUT2D eigenvalue weighted by molar-refractivity contribution is 9.10. The summed E-state index contributed by atoms with van der Waals surface area (Å²) in [6.45, 7) is 0.0946. The molecule has 3 aromatic rings. The fraction of sp³-hybridized carbons (Fsp3) is 0.310. The lowest BCUT2D eigenvalue weighted by Gasteiger charge is -2.32. The van der Waals surface area contributed by atoms with Crippen molar-refractivity contribution in [2.24, 2.45) is 5.10 Å². The number of ether oxygens (including phenoxy) is 2. The van der Waals surface area contributed by atoms with Crippen molar-refractivity contribution in [1.82, 2.24) is 9.73 Å². The van der Waals surface area contributed by atoms with E-state index in [-0.39, 0.29) is 17.5 Å². The van der Waals surface area contributed by atoms with E-state index in [2.05, 4.69) is 26.5 Å². The Morgan fingerprint density at radius 2 is 1.74 bits per heavy atom. The fourth-order valence-corrected chi connectivity index (χ4v) is 6.40. The van der Waals surface area contributed by atoms with Gasteiger partial charge in [-0.15, -0.1) is 0 Å². The van der Waals surface area contributed by atoms with Crippen molar-refractivity contribution in [1.29, 1.82) is 0 Å². The third-order valence-electron chi connectivity index (χ3n) is 6.53. The van der Waals surface area contributed by atoms with Gasteiger partial charge in [0, 0.05) is 10.5 Å². The van der Waals surface area contributed by atoms with Gasteiger partial charge in [0.2, 0.25) is 10.0 Å². The Labute approximate surface area is 238 Å². The molecule has 1 amide bonds. The second kappa shape index (κ2) is 13.7. The molecule has 39 heavy (non-hydrogen) atoms. The van der Waals surface area contributed by atoms with Crippen LogP contribution in [0.1, 0.15) is 43.2 Å². The Kier molecular flexibility index (Phi) is 10.1. The molecular formula is C29H32BrN3O5S. The van der Waals surface area contributed by atoms with Crippen LogP contribution in [-0.2, 0) is 21.4 Å². The lowest BCUT2D eigenvalue weighted by molar-refractivity contribution is -0.121. The molecule has 8 nitrogen and oxygen atoms in total. The monoisotopic (exact) mass is 613 g/mol. The first-order valence-corrected chi connectivity index (χ1v) is 15.0. The average Bonchev–Trinajstić information content (AvgIpc) is 2.96. The van der Waals surface area contributed by atoms with Gasteiger partial charge < -0.3 is 9.47 Å². The number of methoxy groups -OCH3 is 1. The molecule has 1 N–H and O–H groups in total. The Morgan fingerprint density at radius 3 is 2.44 bits per heavy atom. The minimum absolute atomic E-state index is 0.161. The number of hydrazone groups is 1. The zero-order chi connectivity index (χ0) is 27.7. The van der Waals surface area contributed by atoms with Crippen LogP contribution in [0.3, 0.4) is 0 Å². The van der Waals surface area contributed by atoms with Gasteiger partial charge in [0.05, 0.1) is 24.8 Å². The summed E-state index contributed by atoms with van der Waals surface area (Å²) in [5.74, 6) is 0.612. The highest BCUT2D eigenvalue weighted by Gasteiger charge is 2.34. The summed E-state index contributed by atoms with van der Waals surface area (Å²) in [6, 6.07) is 21.4. The van der Waals surface area contributed by atoms with E-state index < -0.39 is 15.9 Å². The minimum Gasteiger partial charge on any atom is -0.493 e. The molecule has 1 fully saturated rings. The first kappa shape index (κ1) is 28.8. The Balaban J connectivity index is 1.41. The molecule has 1 saturated carbocycles. The topological polar surface area (TPSA) is 97.3 Å². The smallest absolute Gasteiger partial charge is 0.255 e. The maximum absolute atomic E-state index is 13.5. The zero-order valence-electron chi connectivity index (χ0n) is 21.8. The van der Waals surface area contributed by atoms with Crippen LogP contribution >= 0.6 is 15.9 Å². The standard InChI is InChI=1S/C29H32BrN3O5S/c1-37-28-18-23(12-17-27(28)38-21-22-8-4-2-5-9-22)19-31-32-29(34)20-33(25-10-6-3-7-11-25)39(35,36)26-15-13-24(30)14-16-26/h2,4-5,8-9,12-19,25H,3,6-7,10-11,20-21H2,1H3,(H,32,34)/b31-19-. The molecule has 10 heteroatoms. The number of amides is 1. The Bertz CT molecular complexity index is 1380. The van der Waals surface area contributed by atoms with Crippen LogP contribution in [0.2, 0.25) is 0 Å².